The van der Waals surface area contributed by atoms with Crippen LogP contribution in [0.3, 0.4) is 0 Å². The van der Waals surface area contributed by atoms with E-state index in [4.69, 9.17) is 9.84 Å². The van der Waals surface area contributed by atoms with E-state index in [-0.39, 0.29) is 31.3 Å². The van der Waals surface area contributed by atoms with Gasteiger partial charge in [-0.25, -0.2) is 4.79 Å². The van der Waals surface area contributed by atoms with Gasteiger partial charge in [0.1, 0.15) is 5.60 Å². The largest absolute Gasteiger partial charge is 0.444 e. The fourth-order valence-corrected chi connectivity index (χ4v) is 2.37. The van der Waals surface area contributed by atoms with Crippen LogP contribution < -0.4 is 0 Å². The molecule has 18 heavy (non-hydrogen) atoms. The lowest BCUT2D eigenvalue weighted by Crippen LogP contribution is -2.42. The third kappa shape index (κ3) is 4.14. The number of amides is 1. The van der Waals surface area contributed by atoms with Crippen molar-refractivity contribution in [1.29, 1.82) is 0 Å². The number of ether oxygens (including phenoxy) is 1. The Labute approximate surface area is 109 Å². The standard InChI is InChI=1S/C13H25NO4/c1-13(2,3)18-12(17)14-7-6-10(9-16)11(14)5-4-8-15/h10-11,15-16H,4-9H2,1-3H3/t10-,11+/m1/s1. The van der Waals surface area contributed by atoms with Gasteiger partial charge in [0.25, 0.3) is 0 Å². The van der Waals surface area contributed by atoms with Crippen LogP contribution in [0.15, 0.2) is 0 Å². The Balaban J connectivity index is 2.64. The van der Waals surface area contributed by atoms with Gasteiger partial charge in [-0.1, -0.05) is 0 Å². The van der Waals surface area contributed by atoms with Gasteiger partial charge in [-0.2, -0.15) is 0 Å². The molecule has 0 bridgehead atoms. The lowest BCUT2D eigenvalue weighted by molar-refractivity contribution is 0.0180. The predicted octanol–water partition coefficient (Wildman–Crippen LogP) is 1.38. The predicted molar refractivity (Wildman–Crippen MR) is 68.2 cm³/mol. The molecule has 0 aromatic carbocycles. The van der Waals surface area contributed by atoms with Crippen LogP contribution in [0.4, 0.5) is 4.79 Å². The SMILES string of the molecule is CC(C)(C)OC(=O)N1CC[C@H](CO)[C@@H]1CCCO. The molecule has 1 heterocycles. The zero-order valence-electron chi connectivity index (χ0n) is 11.6. The van der Waals surface area contributed by atoms with Crippen LogP contribution in [0, 0.1) is 5.92 Å². The highest BCUT2D eigenvalue weighted by molar-refractivity contribution is 5.69. The van der Waals surface area contributed by atoms with Gasteiger partial charge in [0.05, 0.1) is 0 Å². The summed E-state index contributed by atoms with van der Waals surface area (Å²) >= 11 is 0. The molecule has 2 N–H and O–H groups in total. The smallest absolute Gasteiger partial charge is 0.410 e. The Morgan fingerprint density at radius 2 is 2.06 bits per heavy atom. The molecule has 1 rings (SSSR count). The minimum atomic E-state index is -0.504. The summed E-state index contributed by atoms with van der Waals surface area (Å²) in [5.41, 5.74) is -0.504. The van der Waals surface area contributed by atoms with Gasteiger partial charge in [0.15, 0.2) is 0 Å². The van der Waals surface area contributed by atoms with Gasteiger partial charge in [0, 0.05) is 31.7 Å². The van der Waals surface area contributed by atoms with Crippen molar-refractivity contribution >= 4 is 6.09 Å². The second kappa shape index (κ2) is 6.38. The molecule has 0 spiro atoms. The summed E-state index contributed by atoms with van der Waals surface area (Å²) < 4.78 is 5.37. The molecule has 1 fully saturated rings. The second-order valence-corrected chi connectivity index (χ2v) is 5.84. The van der Waals surface area contributed by atoms with E-state index in [1.807, 2.05) is 20.8 Å². The van der Waals surface area contributed by atoms with E-state index in [0.717, 1.165) is 6.42 Å². The van der Waals surface area contributed by atoms with E-state index in [9.17, 15) is 9.90 Å². The molecule has 0 aliphatic carbocycles. The number of likely N-dealkylation sites (tertiary alicyclic amines) is 1. The molecule has 2 atom stereocenters. The van der Waals surface area contributed by atoms with Crippen molar-refractivity contribution in [2.24, 2.45) is 5.92 Å². The molecular formula is C13H25NO4. The fraction of sp³-hybridized carbons (Fsp3) is 0.923. The highest BCUT2D eigenvalue weighted by Gasteiger charge is 2.38. The van der Waals surface area contributed by atoms with Crippen molar-refractivity contribution < 1.29 is 19.7 Å². The molecular weight excluding hydrogens is 234 g/mol. The summed E-state index contributed by atoms with van der Waals surface area (Å²) in [5.74, 6) is 0.101. The first-order chi connectivity index (χ1) is 8.39. The molecule has 0 radical (unpaired) electrons. The summed E-state index contributed by atoms with van der Waals surface area (Å²) in [7, 11) is 0. The van der Waals surface area contributed by atoms with Crippen molar-refractivity contribution in [2.75, 3.05) is 19.8 Å². The van der Waals surface area contributed by atoms with Crippen LogP contribution in [0.2, 0.25) is 0 Å². The van der Waals surface area contributed by atoms with Gasteiger partial charge >= 0.3 is 6.09 Å². The summed E-state index contributed by atoms with van der Waals surface area (Å²) in [6.45, 7) is 6.33. The van der Waals surface area contributed by atoms with Crippen LogP contribution in [0.1, 0.15) is 40.0 Å². The first kappa shape index (κ1) is 15.2. The molecule has 0 aromatic rings. The third-order valence-electron chi connectivity index (χ3n) is 3.21. The number of nitrogens with zero attached hydrogens (tertiary/aromatic N) is 1. The number of hydrogen-bond donors (Lipinski definition) is 2. The van der Waals surface area contributed by atoms with Gasteiger partial charge in [-0.05, 0) is 40.0 Å². The van der Waals surface area contributed by atoms with E-state index >= 15 is 0 Å². The second-order valence-electron chi connectivity index (χ2n) is 5.84. The number of aliphatic hydroxyl groups excluding tert-OH is 2. The van der Waals surface area contributed by atoms with E-state index in [1.165, 1.54) is 0 Å². The molecule has 1 amide bonds. The molecule has 5 heteroatoms. The number of aliphatic hydroxyl groups is 2. The highest BCUT2D eigenvalue weighted by Crippen LogP contribution is 2.29. The van der Waals surface area contributed by atoms with Crippen molar-refractivity contribution in [2.45, 2.75) is 51.7 Å². The monoisotopic (exact) mass is 259 g/mol. The quantitative estimate of drug-likeness (QED) is 0.800. The van der Waals surface area contributed by atoms with Gasteiger partial charge in [-0.15, -0.1) is 0 Å². The molecule has 1 aliphatic heterocycles. The third-order valence-corrected chi connectivity index (χ3v) is 3.21. The minimum Gasteiger partial charge on any atom is -0.444 e. The molecule has 0 unspecified atom stereocenters. The Hall–Kier alpha value is -0.810. The zero-order valence-corrected chi connectivity index (χ0v) is 11.6. The van der Waals surface area contributed by atoms with Crippen LogP contribution >= 0.6 is 0 Å². The summed E-state index contributed by atoms with van der Waals surface area (Å²) in [6.07, 6.45) is 1.83. The molecule has 0 saturated carbocycles. The number of rotatable bonds is 4. The number of carbonyl (C=O) groups excluding carboxylic acids is 1. The normalized spacial score (nSPS) is 24.4. The first-order valence-corrected chi connectivity index (χ1v) is 6.60. The van der Waals surface area contributed by atoms with Crippen molar-refractivity contribution in [3.8, 4) is 0 Å². The maximum atomic E-state index is 12.1. The molecule has 1 saturated heterocycles. The van der Waals surface area contributed by atoms with Crippen LogP contribution in [-0.2, 0) is 4.74 Å². The molecule has 1 aliphatic rings. The average molecular weight is 259 g/mol. The van der Waals surface area contributed by atoms with Crippen molar-refractivity contribution in [3.63, 3.8) is 0 Å². The van der Waals surface area contributed by atoms with E-state index in [0.29, 0.717) is 19.4 Å². The lowest BCUT2D eigenvalue weighted by atomic mass is 9.97. The maximum Gasteiger partial charge on any atom is 0.410 e. The summed E-state index contributed by atoms with van der Waals surface area (Å²) in [5, 5.41) is 18.2. The summed E-state index contributed by atoms with van der Waals surface area (Å²) in [4.78, 5) is 13.8. The Bertz CT molecular complexity index is 275. The van der Waals surface area contributed by atoms with Crippen LogP contribution in [0.5, 0.6) is 0 Å². The Morgan fingerprint density at radius 1 is 1.39 bits per heavy atom. The number of carbonyl (C=O) groups is 1. The Kier molecular flexibility index (Phi) is 5.41. The molecule has 106 valence electrons. The van der Waals surface area contributed by atoms with Crippen LogP contribution in [0.25, 0.3) is 0 Å². The van der Waals surface area contributed by atoms with E-state index in [2.05, 4.69) is 0 Å². The number of hydrogen-bond acceptors (Lipinski definition) is 4. The first-order valence-electron chi connectivity index (χ1n) is 6.60. The lowest BCUT2D eigenvalue weighted by Gasteiger charge is -2.30. The fourth-order valence-electron chi connectivity index (χ4n) is 2.37. The van der Waals surface area contributed by atoms with E-state index in [1.54, 1.807) is 4.90 Å². The van der Waals surface area contributed by atoms with Crippen molar-refractivity contribution in [3.05, 3.63) is 0 Å². The minimum absolute atomic E-state index is 0.0167. The molecule has 0 aromatic heterocycles. The van der Waals surface area contributed by atoms with Crippen LogP contribution in [-0.4, -0.2) is 52.6 Å². The molecule has 5 nitrogen and oxygen atoms in total. The summed E-state index contributed by atoms with van der Waals surface area (Å²) in [6, 6.07) is -0.0167. The van der Waals surface area contributed by atoms with Gasteiger partial charge < -0.3 is 19.8 Å². The maximum absolute atomic E-state index is 12.1. The van der Waals surface area contributed by atoms with Gasteiger partial charge in [0.2, 0.25) is 0 Å². The van der Waals surface area contributed by atoms with E-state index < -0.39 is 5.60 Å². The highest BCUT2D eigenvalue weighted by atomic mass is 16.6. The topological polar surface area (TPSA) is 70.0 Å². The van der Waals surface area contributed by atoms with Crippen molar-refractivity contribution in [1.82, 2.24) is 4.90 Å². The Morgan fingerprint density at radius 3 is 2.56 bits per heavy atom. The average Bonchev–Trinajstić information content (AvgIpc) is 2.66. The van der Waals surface area contributed by atoms with Gasteiger partial charge in [-0.3, -0.25) is 0 Å². The zero-order chi connectivity index (χ0) is 13.8.